The van der Waals surface area contributed by atoms with Crippen molar-refractivity contribution in [2.45, 2.75) is 70.2 Å². The third kappa shape index (κ3) is 5.22. The van der Waals surface area contributed by atoms with Crippen LogP contribution in [0.3, 0.4) is 0 Å². The molecular weight excluding hydrogens is 606 g/mol. The lowest BCUT2D eigenvalue weighted by Gasteiger charge is -2.39. The molecule has 1 N–H and O–H groups in total. The predicted octanol–water partition coefficient (Wildman–Crippen LogP) is 5.32. The number of para-hydroxylation sites is 1. The van der Waals surface area contributed by atoms with Crippen molar-refractivity contribution >= 4 is 40.7 Å². The summed E-state index contributed by atoms with van der Waals surface area (Å²) in [7, 11) is 0. The van der Waals surface area contributed by atoms with Gasteiger partial charge in [0, 0.05) is 18.8 Å². The Morgan fingerprint density at radius 2 is 1.78 bits per heavy atom. The van der Waals surface area contributed by atoms with Crippen LogP contribution in [0.1, 0.15) is 45.6 Å². The number of fused-ring (bicyclic) bond motifs is 1. The van der Waals surface area contributed by atoms with Crippen molar-refractivity contribution in [3.63, 3.8) is 0 Å². The number of hydrogen-bond acceptors (Lipinski definition) is 6. The van der Waals surface area contributed by atoms with Crippen LogP contribution < -0.4 is 14.5 Å². The molecule has 3 fully saturated rings. The second kappa shape index (κ2) is 13.2. The average molecular weight is 650 g/mol. The van der Waals surface area contributed by atoms with Gasteiger partial charge in [-0.25, -0.2) is 0 Å². The highest BCUT2D eigenvalue weighted by Crippen LogP contribution is 2.65. The molecule has 9 nitrogen and oxygen atoms in total. The number of ether oxygens (including phenoxy) is 2. The highest BCUT2D eigenvalue weighted by molar-refractivity contribution is 6.34. The Hall–Kier alpha value is -3.66. The number of aryl methyl sites for hydroxylation is 1. The van der Waals surface area contributed by atoms with E-state index in [9.17, 15) is 19.5 Å². The molecule has 2 bridgehead atoms. The summed E-state index contributed by atoms with van der Waals surface area (Å²) in [6.45, 7) is 15.7. The Morgan fingerprint density at radius 3 is 2.37 bits per heavy atom. The van der Waals surface area contributed by atoms with Gasteiger partial charge < -0.3 is 29.3 Å². The molecule has 0 aromatic heterocycles. The number of amides is 3. The molecule has 6 atom stereocenters. The minimum absolute atomic E-state index is 0.141. The number of nitrogens with zero attached hydrogens (tertiary/aromatic N) is 3. The van der Waals surface area contributed by atoms with E-state index in [1.54, 1.807) is 34.9 Å². The van der Waals surface area contributed by atoms with Crippen LogP contribution in [0.15, 0.2) is 67.8 Å². The molecule has 3 aliphatic heterocycles. The van der Waals surface area contributed by atoms with Crippen LogP contribution in [-0.2, 0) is 19.1 Å². The van der Waals surface area contributed by atoms with Gasteiger partial charge in [-0.2, -0.15) is 0 Å². The molecule has 2 aromatic carbocycles. The Kier molecular flexibility index (Phi) is 9.68. The van der Waals surface area contributed by atoms with E-state index in [4.69, 9.17) is 21.1 Å². The summed E-state index contributed by atoms with van der Waals surface area (Å²) in [5.74, 6) is -2.12. The van der Waals surface area contributed by atoms with Crippen molar-refractivity contribution in [1.82, 2.24) is 4.90 Å². The molecule has 3 amide bonds. The maximum absolute atomic E-state index is 14.9. The first kappa shape index (κ1) is 33.7. The number of aliphatic hydroxyl groups excluding tert-OH is 1. The molecule has 2 unspecified atom stereocenters. The van der Waals surface area contributed by atoms with Crippen molar-refractivity contribution in [2.75, 3.05) is 36.1 Å². The van der Waals surface area contributed by atoms with Gasteiger partial charge in [-0.1, -0.05) is 42.8 Å². The van der Waals surface area contributed by atoms with Crippen LogP contribution in [0.25, 0.3) is 0 Å². The molecule has 246 valence electrons. The van der Waals surface area contributed by atoms with Gasteiger partial charge in [-0.3, -0.25) is 14.4 Å². The first-order valence-corrected chi connectivity index (χ1v) is 16.4. The number of likely N-dealkylation sites (tertiary alicyclic amines) is 1. The van der Waals surface area contributed by atoms with Crippen molar-refractivity contribution in [2.24, 2.45) is 11.8 Å². The third-order valence-electron chi connectivity index (χ3n) is 9.93. The molecule has 0 saturated carbocycles. The van der Waals surface area contributed by atoms with E-state index in [2.05, 4.69) is 13.2 Å². The molecule has 0 radical (unpaired) electrons. The second-order valence-corrected chi connectivity index (χ2v) is 12.8. The van der Waals surface area contributed by atoms with Crippen LogP contribution in [0, 0.1) is 18.8 Å². The summed E-state index contributed by atoms with van der Waals surface area (Å²) in [6, 6.07) is 10.9. The monoisotopic (exact) mass is 649 g/mol. The van der Waals surface area contributed by atoms with Gasteiger partial charge >= 0.3 is 0 Å². The van der Waals surface area contributed by atoms with Gasteiger partial charge in [0.25, 0.3) is 5.91 Å². The number of anilines is 2. The topological polar surface area (TPSA) is 99.6 Å². The SMILES string of the molecule is C=CCN(C(=O)[C@@H]1[C@H]2C(=O)N([C@H](C)CO)C(C(=O)N(CC=C)c3c(C)cccc3Cl)C23CC[C@@]1(CC)O3)c1ccc(OCC)cc1. The zero-order valence-corrected chi connectivity index (χ0v) is 27.8. The van der Waals surface area contributed by atoms with E-state index in [1.165, 1.54) is 4.90 Å². The van der Waals surface area contributed by atoms with Gasteiger partial charge in [0.2, 0.25) is 11.8 Å². The molecular formula is C36H44ClN3O6. The fraction of sp³-hybridized carbons (Fsp3) is 0.472. The van der Waals surface area contributed by atoms with Gasteiger partial charge in [-0.05, 0) is 75.9 Å². The highest BCUT2D eigenvalue weighted by atomic mass is 35.5. The largest absolute Gasteiger partial charge is 0.494 e. The van der Waals surface area contributed by atoms with E-state index in [0.29, 0.717) is 48.0 Å². The smallest absolute Gasteiger partial charge is 0.253 e. The number of carbonyl (C=O) groups excluding carboxylic acids is 3. The molecule has 46 heavy (non-hydrogen) atoms. The number of aliphatic hydroxyl groups is 1. The molecule has 2 aromatic rings. The minimum Gasteiger partial charge on any atom is -0.494 e. The third-order valence-corrected chi connectivity index (χ3v) is 10.2. The van der Waals surface area contributed by atoms with E-state index < -0.39 is 35.1 Å². The fourth-order valence-corrected chi connectivity index (χ4v) is 8.24. The number of halogens is 1. The van der Waals surface area contributed by atoms with Crippen molar-refractivity contribution in [3.05, 3.63) is 78.4 Å². The summed E-state index contributed by atoms with van der Waals surface area (Å²) >= 11 is 6.67. The van der Waals surface area contributed by atoms with E-state index in [-0.39, 0.29) is 37.4 Å². The predicted molar refractivity (Wildman–Crippen MR) is 179 cm³/mol. The van der Waals surface area contributed by atoms with Crippen LogP contribution in [-0.4, -0.2) is 77.3 Å². The number of hydrogen-bond donors (Lipinski definition) is 1. The fourth-order valence-electron chi connectivity index (χ4n) is 7.91. The van der Waals surface area contributed by atoms with Crippen LogP contribution in [0.5, 0.6) is 5.75 Å². The molecule has 3 saturated heterocycles. The van der Waals surface area contributed by atoms with Crippen molar-refractivity contribution in [3.8, 4) is 5.75 Å². The van der Waals surface area contributed by atoms with Gasteiger partial charge in [0.05, 0.1) is 47.4 Å². The maximum atomic E-state index is 14.9. The summed E-state index contributed by atoms with van der Waals surface area (Å²) in [6.07, 6.45) is 4.67. The highest BCUT2D eigenvalue weighted by Gasteiger charge is 2.79. The van der Waals surface area contributed by atoms with Crippen LogP contribution in [0.4, 0.5) is 11.4 Å². The summed E-state index contributed by atoms with van der Waals surface area (Å²) in [4.78, 5) is 49.0. The maximum Gasteiger partial charge on any atom is 0.253 e. The Balaban J connectivity index is 1.62. The average Bonchev–Trinajstić information content (AvgIpc) is 3.66. The first-order chi connectivity index (χ1) is 22.0. The zero-order chi connectivity index (χ0) is 33.4. The summed E-state index contributed by atoms with van der Waals surface area (Å²) < 4.78 is 12.6. The minimum atomic E-state index is -1.28. The Morgan fingerprint density at radius 1 is 1.11 bits per heavy atom. The normalized spacial score (nSPS) is 26.9. The molecule has 1 spiro atoms. The Bertz CT molecular complexity index is 1490. The molecule has 10 heteroatoms. The molecule has 3 heterocycles. The van der Waals surface area contributed by atoms with E-state index in [1.807, 2.05) is 57.2 Å². The van der Waals surface area contributed by atoms with E-state index in [0.717, 1.165) is 5.56 Å². The number of benzene rings is 2. The molecule has 5 rings (SSSR count). The molecule has 0 aliphatic carbocycles. The van der Waals surface area contributed by atoms with Gasteiger partial charge in [0.1, 0.15) is 17.4 Å². The van der Waals surface area contributed by atoms with Gasteiger partial charge in [0.15, 0.2) is 0 Å². The number of rotatable bonds is 13. The summed E-state index contributed by atoms with van der Waals surface area (Å²) in [5.41, 5.74) is -0.273. The van der Waals surface area contributed by atoms with Crippen molar-refractivity contribution < 1.29 is 29.0 Å². The Labute approximate surface area is 276 Å². The second-order valence-electron chi connectivity index (χ2n) is 12.4. The molecule has 3 aliphatic rings. The number of carbonyl (C=O) groups is 3. The lowest BCUT2D eigenvalue weighted by molar-refractivity contribution is -0.149. The zero-order valence-electron chi connectivity index (χ0n) is 27.1. The summed E-state index contributed by atoms with van der Waals surface area (Å²) in [5, 5.41) is 10.7. The lowest BCUT2D eigenvalue weighted by atomic mass is 9.64. The first-order valence-electron chi connectivity index (χ1n) is 16.0. The van der Waals surface area contributed by atoms with E-state index >= 15 is 0 Å². The van der Waals surface area contributed by atoms with Crippen LogP contribution >= 0.6 is 11.6 Å². The lowest BCUT2D eigenvalue weighted by Crippen LogP contribution is -2.58. The standard InChI is InChI=1S/C36H44ClN3O6/c1-7-20-38(25-14-16-26(17-15-25)45-10-4)32(42)28-29-33(43)40(24(6)22-41)31(36(29)19-18-35(28,9-3)46-36)34(44)39(21-8-2)30-23(5)12-11-13-27(30)37/h7-8,11-17,24,28-29,31,41H,1-2,9-10,18-22H2,3-6H3/t24-,28+,29+,31?,35-,36?/m1/s1. The van der Waals surface area contributed by atoms with Crippen LogP contribution in [0.2, 0.25) is 5.02 Å². The van der Waals surface area contributed by atoms with Crippen molar-refractivity contribution in [1.29, 1.82) is 0 Å². The quantitative estimate of drug-likeness (QED) is 0.295. The van der Waals surface area contributed by atoms with Gasteiger partial charge in [-0.15, -0.1) is 13.2 Å².